The van der Waals surface area contributed by atoms with E-state index in [4.69, 9.17) is 5.26 Å². The molecule has 0 saturated carbocycles. The van der Waals surface area contributed by atoms with E-state index in [9.17, 15) is 0 Å². The SMILES string of the molecule is Cc1ccccc1.Cc1ccccc1-c1ccc(C#N)cc1. The third kappa shape index (κ3) is 4.33. The van der Waals surface area contributed by atoms with Gasteiger partial charge < -0.3 is 0 Å². The number of aryl methyl sites for hydroxylation is 2. The van der Waals surface area contributed by atoms with Gasteiger partial charge in [0.15, 0.2) is 0 Å². The Labute approximate surface area is 132 Å². The predicted molar refractivity (Wildman–Crippen MR) is 92.5 cm³/mol. The number of nitriles is 1. The zero-order chi connectivity index (χ0) is 15.8. The van der Waals surface area contributed by atoms with Crippen LogP contribution in [0.15, 0.2) is 78.9 Å². The molecule has 0 fully saturated rings. The molecule has 0 heterocycles. The summed E-state index contributed by atoms with van der Waals surface area (Å²) < 4.78 is 0. The monoisotopic (exact) mass is 285 g/mol. The molecule has 0 aromatic heterocycles. The summed E-state index contributed by atoms with van der Waals surface area (Å²) in [6, 6.07) is 28.3. The molecule has 108 valence electrons. The van der Waals surface area contributed by atoms with Gasteiger partial charge in [0.2, 0.25) is 0 Å². The Balaban J connectivity index is 0.000000211. The lowest BCUT2D eigenvalue weighted by Crippen LogP contribution is -1.82. The molecule has 0 unspecified atom stereocenters. The van der Waals surface area contributed by atoms with E-state index >= 15 is 0 Å². The molecule has 0 amide bonds. The van der Waals surface area contributed by atoms with Gasteiger partial charge in [0, 0.05) is 0 Å². The van der Waals surface area contributed by atoms with Crippen LogP contribution in [0.2, 0.25) is 0 Å². The first-order valence-electron chi connectivity index (χ1n) is 7.28. The van der Waals surface area contributed by atoms with Gasteiger partial charge in [0.1, 0.15) is 0 Å². The first-order valence-corrected chi connectivity index (χ1v) is 7.28. The molecule has 0 N–H and O–H groups in total. The first-order chi connectivity index (χ1) is 10.7. The van der Waals surface area contributed by atoms with Crippen molar-refractivity contribution in [2.24, 2.45) is 0 Å². The van der Waals surface area contributed by atoms with Crippen LogP contribution in [0.3, 0.4) is 0 Å². The van der Waals surface area contributed by atoms with E-state index in [1.165, 1.54) is 16.7 Å². The van der Waals surface area contributed by atoms with Crippen LogP contribution in [0.25, 0.3) is 11.1 Å². The van der Waals surface area contributed by atoms with Gasteiger partial charge in [-0.1, -0.05) is 72.3 Å². The van der Waals surface area contributed by atoms with Gasteiger partial charge in [-0.25, -0.2) is 0 Å². The van der Waals surface area contributed by atoms with Crippen LogP contribution in [0.4, 0.5) is 0 Å². The second kappa shape index (κ2) is 7.81. The average Bonchev–Trinajstić information content (AvgIpc) is 2.57. The average molecular weight is 285 g/mol. The summed E-state index contributed by atoms with van der Waals surface area (Å²) >= 11 is 0. The Kier molecular flexibility index (Phi) is 5.51. The summed E-state index contributed by atoms with van der Waals surface area (Å²) in [5.74, 6) is 0. The van der Waals surface area contributed by atoms with Crippen molar-refractivity contribution in [1.82, 2.24) is 0 Å². The van der Waals surface area contributed by atoms with Crippen LogP contribution in [-0.4, -0.2) is 0 Å². The lowest BCUT2D eigenvalue weighted by atomic mass is 10.00. The Morgan fingerprint density at radius 3 is 1.77 bits per heavy atom. The molecular weight excluding hydrogens is 266 g/mol. The molecule has 0 spiro atoms. The van der Waals surface area contributed by atoms with Crippen molar-refractivity contribution in [2.45, 2.75) is 13.8 Å². The van der Waals surface area contributed by atoms with Gasteiger partial charge in [-0.3, -0.25) is 0 Å². The van der Waals surface area contributed by atoms with Gasteiger partial charge >= 0.3 is 0 Å². The molecule has 0 aliphatic heterocycles. The Morgan fingerprint density at radius 2 is 1.27 bits per heavy atom. The van der Waals surface area contributed by atoms with Gasteiger partial charge in [0.25, 0.3) is 0 Å². The van der Waals surface area contributed by atoms with Crippen molar-refractivity contribution in [3.63, 3.8) is 0 Å². The summed E-state index contributed by atoms with van der Waals surface area (Å²) in [6.07, 6.45) is 0. The van der Waals surface area contributed by atoms with Crippen molar-refractivity contribution in [3.8, 4) is 17.2 Å². The van der Waals surface area contributed by atoms with Crippen LogP contribution in [0.5, 0.6) is 0 Å². The van der Waals surface area contributed by atoms with E-state index in [0.29, 0.717) is 5.56 Å². The van der Waals surface area contributed by atoms with E-state index in [2.05, 4.69) is 44.2 Å². The van der Waals surface area contributed by atoms with Crippen LogP contribution >= 0.6 is 0 Å². The smallest absolute Gasteiger partial charge is 0.0991 e. The molecule has 0 aliphatic carbocycles. The Bertz CT molecular complexity index is 750. The summed E-state index contributed by atoms with van der Waals surface area (Å²) in [6.45, 7) is 4.17. The molecule has 3 rings (SSSR count). The molecule has 0 atom stereocenters. The molecule has 3 aromatic rings. The van der Waals surface area contributed by atoms with E-state index in [0.717, 1.165) is 5.56 Å². The van der Waals surface area contributed by atoms with E-state index in [-0.39, 0.29) is 0 Å². The lowest BCUT2D eigenvalue weighted by Gasteiger charge is -2.04. The summed E-state index contributed by atoms with van der Waals surface area (Å²) in [7, 11) is 0. The summed E-state index contributed by atoms with van der Waals surface area (Å²) in [4.78, 5) is 0. The third-order valence-corrected chi connectivity index (χ3v) is 3.41. The second-order valence-electron chi connectivity index (χ2n) is 5.16. The first kappa shape index (κ1) is 15.5. The number of hydrogen-bond donors (Lipinski definition) is 0. The van der Waals surface area contributed by atoms with Gasteiger partial charge in [-0.05, 0) is 42.7 Å². The quantitative estimate of drug-likeness (QED) is 0.576. The van der Waals surface area contributed by atoms with E-state index < -0.39 is 0 Å². The van der Waals surface area contributed by atoms with Crippen molar-refractivity contribution in [3.05, 3.63) is 95.6 Å². The number of rotatable bonds is 1. The highest BCUT2D eigenvalue weighted by molar-refractivity contribution is 5.67. The minimum atomic E-state index is 0.701. The highest BCUT2D eigenvalue weighted by atomic mass is 14.2. The minimum absolute atomic E-state index is 0.701. The summed E-state index contributed by atoms with van der Waals surface area (Å²) in [5, 5.41) is 8.70. The number of benzene rings is 3. The standard InChI is InChI=1S/C14H11N.C7H8/c1-11-4-2-3-5-14(11)13-8-6-12(10-15)7-9-13;1-7-5-3-2-4-6-7/h2-9H,1H3;2-6H,1H3. The fourth-order valence-corrected chi connectivity index (χ4v) is 2.16. The predicted octanol–water partition coefficient (Wildman–Crippen LogP) is 5.53. The molecule has 22 heavy (non-hydrogen) atoms. The topological polar surface area (TPSA) is 23.8 Å². The zero-order valence-electron chi connectivity index (χ0n) is 13.0. The maximum absolute atomic E-state index is 8.70. The Morgan fingerprint density at radius 1 is 0.682 bits per heavy atom. The van der Waals surface area contributed by atoms with E-state index in [1.807, 2.05) is 54.6 Å². The maximum atomic E-state index is 8.70. The largest absolute Gasteiger partial charge is 0.192 e. The van der Waals surface area contributed by atoms with Crippen LogP contribution < -0.4 is 0 Å². The maximum Gasteiger partial charge on any atom is 0.0991 e. The Hall–Kier alpha value is -2.85. The number of hydrogen-bond acceptors (Lipinski definition) is 1. The normalized spacial score (nSPS) is 9.32. The van der Waals surface area contributed by atoms with Crippen molar-refractivity contribution in [1.29, 1.82) is 5.26 Å². The fourth-order valence-electron chi connectivity index (χ4n) is 2.16. The lowest BCUT2D eigenvalue weighted by molar-refractivity contribution is 1.45. The van der Waals surface area contributed by atoms with Crippen molar-refractivity contribution >= 4 is 0 Å². The molecule has 0 bridgehead atoms. The highest BCUT2D eigenvalue weighted by Crippen LogP contribution is 2.22. The van der Waals surface area contributed by atoms with Crippen LogP contribution in [0, 0.1) is 25.2 Å². The van der Waals surface area contributed by atoms with E-state index in [1.54, 1.807) is 0 Å². The molecule has 0 aliphatic rings. The molecule has 1 nitrogen and oxygen atoms in total. The van der Waals surface area contributed by atoms with Gasteiger partial charge in [0.05, 0.1) is 11.6 Å². The van der Waals surface area contributed by atoms with Crippen LogP contribution in [0.1, 0.15) is 16.7 Å². The fraction of sp³-hybridized carbons (Fsp3) is 0.0952. The highest BCUT2D eigenvalue weighted by Gasteiger charge is 2.00. The molecule has 0 radical (unpaired) electrons. The van der Waals surface area contributed by atoms with Crippen molar-refractivity contribution in [2.75, 3.05) is 0 Å². The summed E-state index contributed by atoms with van der Waals surface area (Å²) in [5.41, 5.74) is 5.66. The second-order valence-corrected chi connectivity index (χ2v) is 5.16. The molecule has 3 aromatic carbocycles. The molecular formula is C21H19N. The molecule has 0 saturated heterocycles. The van der Waals surface area contributed by atoms with Crippen molar-refractivity contribution < 1.29 is 0 Å². The van der Waals surface area contributed by atoms with Crippen LogP contribution in [-0.2, 0) is 0 Å². The third-order valence-electron chi connectivity index (χ3n) is 3.41. The molecule has 1 heteroatoms. The van der Waals surface area contributed by atoms with Gasteiger partial charge in [-0.2, -0.15) is 5.26 Å². The zero-order valence-corrected chi connectivity index (χ0v) is 13.0. The van der Waals surface area contributed by atoms with Gasteiger partial charge in [-0.15, -0.1) is 0 Å². The minimum Gasteiger partial charge on any atom is -0.192 e. The number of nitrogens with zero attached hydrogens (tertiary/aromatic N) is 1.